The Labute approximate surface area is 117 Å². The molecule has 0 aromatic heterocycles. The number of alkyl halides is 1. The van der Waals surface area contributed by atoms with Gasteiger partial charge in [0.25, 0.3) is 5.69 Å². The van der Waals surface area contributed by atoms with Crippen LogP contribution in [-0.4, -0.2) is 9.75 Å². The molecule has 0 aliphatic carbocycles. The van der Waals surface area contributed by atoms with Crippen LogP contribution in [0, 0.1) is 10.1 Å². The smallest absolute Gasteiger partial charge is 0.258 e. The number of benzene rings is 1. The highest BCUT2D eigenvalue weighted by Crippen LogP contribution is 2.23. The van der Waals surface area contributed by atoms with Crippen LogP contribution in [0.4, 0.5) is 5.69 Å². The van der Waals surface area contributed by atoms with Gasteiger partial charge in [0.2, 0.25) is 0 Å². The standard InChI is InChI=1S/C14H20BrNO2/c1-2-3-4-5-9-13(15)11-12-8-6-7-10-14(12)16(17)18/h6-8,10,13H,2-5,9,11H2,1H3. The van der Waals surface area contributed by atoms with Crippen LogP contribution in [0.3, 0.4) is 0 Å². The van der Waals surface area contributed by atoms with E-state index in [0.717, 1.165) is 18.4 Å². The quantitative estimate of drug-likeness (QED) is 0.297. The Morgan fingerprint density at radius 1 is 1.28 bits per heavy atom. The van der Waals surface area contributed by atoms with Crippen molar-refractivity contribution < 1.29 is 4.92 Å². The first-order chi connectivity index (χ1) is 8.65. The number of hydrogen-bond acceptors (Lipinski definition) is 2. The first-order valence-corrected chi connectivity index (χ1v) is 7.43. The molecule has 0 N–H and O–H groups in total. The van der Waals surface area contributed by atoms with E-state index in [2.05, 4.69) is 22.9 Å². The summed E-state index contributed by atoms with van der Waals surface area (Å²) in [5.41, 5.74) is 1.05. The fourth-order valence-corrected chi connectivity index (χ4v) is 2.67. The number of nitro groups is 1. The van der Waals surface area contributed by atoms with Crippen LogP contribution < -0.4 is 0 Å². The molecule has 1 atom stereocenters. The molecule has 0 bridgehead atoms. The molecule has 0 saturated heterocycles. The molecule has 0 saturated carbocycles. The molecule has 0 aliphatic heterocycles. The van der Waals surface area contributed by atoms with E-state index in [1.54, 1.807) is 12.1 Å². The maximum absolute atomic E-state index is 10.9. The van der Waals surface area contributed by atoms with Gasteiger partial charge in [-0.05, 0) is 12.8 Å². The number of para-hydroxylation sites is 1. The van der Waals surface area contributed by atoms with Crippen LogP contribution in [0.15, 0.2) is 24.3 Å². The molecule has 0 radical (unpaired) electrons. The molecule has 3 nitrogen and oxygen atoms in total. The number of rotatable bonds is 8. The predicted molar refractivity (Wildman–Crippen MR) is 78.3 cm³/mol. The molecule has 0 amide bonds. The zero-order valence-electron chi connectivity index (χ0n) is 10.8. The van der Waals surface area contributed by atoms with Gasteiger partial charge in [0.15, 0.2) is 0 Å². The summed E-state index contributed by atoms with van der Waals surface area (Å²) in [6.45, 7) is 2.19. The fraction of sp³-hybridized carbons (Fsp3) is 0.571. The topological polar surface area (TPSA) is 43.1 Å². The maximum Gasteiger partial charge on any atom is 0.272 e. The molecule has 0 heterocycles. The van der Waals surface area contributed by atoms with Crippen molar-refractivity contribution in [1.29, 1.82) is 0 Å². The van der Waals surface area contributed by atoms with E-state index < -0.39 is 0 Å². The van der Waals surface area contributed by atoms with Gasteiger partial charge >= 0.3 is 0 Å². The number of nitro benzene ring substituents is 1. The van der Waals surface area contributed by atoms with Gasteiger partial charge in [0.1, 0.15) is 0 Å². The van der Waals surface area contributed by atoms with Crippen molar-refractivity contribution in [2.75, 3.05) is 0 Å². The summed E-state index contributed by atoms with van der Waals surface area (Å²) in [6.07, 6.45) is 6.73. The van der Waals surface area contributed by atoms with Crippen LogP contribution >= 0.6 is 15.9 Å². The van der Waals surface area contributed by atoms with Crippen molar-refractivity contribution in [3.8, 4) is 0 Å². The number of unbranched alkanes of at least 4 members (excludes halogenated alkanes) is 3. The summed E-state index contributed by atoms with van der Waals surface area (Å²) in [5, 5.41) is 10.9. The molecule has 1 aromatic rings. The lowest BCUT2D eigenvalue weighted by molar-refractivity contribution is -0.385. The summed E-state index contributed by atoms with van der Waals surface area (Å²) < 4.78 is 0. The monoisotopic (exact) mass is 313 g/mol. The van der Waals surface area contributed by atoms with Crippen molar-refractivity contribution in [3.05, 3.63) is 39.9 Å². The summed E-state index contributed by atoms with van der Waals surface area (Å²) in [6, 6.07) is 7.00. The third kappa shape index (κ3) is 5.17. The lowest BCUT2D eigenvalue weighted by Crippen LogP contribution is -2.05. The van der Waals surface area contributed by atoms with Crippen molar-refractivity contribution >= 4 is 21.6 Å². The molecule has 0 fully saturated rings. The molecule has 1 rings (SSSR count). The number of nitrogens with zero attached hydrogens (tertiary/aromatic N) is 1. The third-order valence-corrected chi connectivity index (χ3v) is 3.78. The minimum Gasteiger partial charge on any atom is -0.258 e. The van der Waals surface area contributed by atoms with Gasteiger partial charge < -0.3 is 0 Å². The second-order valence-corrected chi connectivity index (χ2v) is 5.83. The van der Waals surface area contributed by atoms with E-state index in [-0.39, 0.29) is 10.6 Å². The van der Waals surface area contributed by atoms with Crippen molar-refractivity contribution in [2.45, 2.75) is 50.3 Å². The SMILES string of the molecule is CCCCCCC(Br)Cc1ccccc1[N+](=O)[O-]. The van der Waals surface area contributed by atoms with Crippen LogP contribution in [0.1, 0.15) is 44.6 Å². The highest BCUT2D eigenvalue weighted by atomic mass is 79.9. The van der Waals surface area contributed by atoms with E-state index in [9.17, 15) is 10.1 Å². The van der Waals surface area contributed by atoms with Crippen molar-refractivity contribution in [1.82, 2.24) is 0 Å². The van der Waals surface area contributed by atoms with Crippen LogP contribution in [-0.2, 0) is 6.42 Å². The Balaban J connectivity index is 2.48. The van der Waals surface area contributed by atoms with Gasteiger partial charge in [0.05, 0.1) is 4.92 Å². The minimum atomic E-state index is -0.299. The molecule has 1 aromatic carbocycles. The first kappa shape index (κ1) is 15.2. The molecule has 18 heavy (non-hydrogen) atoms. The molecule has 1 unspecified atom stereocenters. The maximum atomic E-state index is 10.9. The Morgan fingerprint density at radius 2 is 2.00 bits per heavy atom. The zero-order valence-corrected chi connectivity index (χ0v) is 12.4. The van der Waals surface area contributed by atoms with Crippen LogP contribution in [0.25, 0.3) is 0 Å². The van der Waals surface area contributed by atoms with E-state index in [1.165, 1.54) is 25.7 Å². The highest BCUT2D eigenvalue weighted by Gasteiger charge is 2.15. The predicted octanol–water partition coefficient (Wildman–Crippen LogP) is 4.87. The normalized spacial score (nSPS) is 12.3. The molecular formula is C14H20BrNO2. The Kier molecular flexibility index (Phi) is 6.94. The third-order valence-electron chi connectivity index (χ3n) is 3.00. The number of halogens is 1. The first-order valence-electron chi connectivity index (χ1n) is 6.51. The van der Waals surface area contributed by atoms with Crippen molar-refractivity contribution in [2.24, 2.45) is 0 Å². The lowest BCUT2D eigenvalue weighted by atomic mass is 10.0. The average Bonchev–Trinajstić information content (AvgIpc) is 2.35. The van der Waals surface area contributed by atoms with Gasteiger partial charge in [-0.2, -0.15) is 0 Å². The zero-order chi connectivity index (χ0) is 13.4. The van der Waals surface area contributed by atoms with Crippen LogP contribution in [0.2, 0.25) is 0 Å². The van der Waals surface area contributed by atoms with E-state index in [0.29, 0.717) is 4.83 Å². The second kappa shape index (κ2) is 8.25. The molecule has 0 aliphatic rings. The Hall–Kier alpha value is -0.900. The Bertz CT molecular complexity index is 382. The van der Waals surface area contributed by atoms with E-state index >= 15 is 0 Å². The van der Waals surface area contributed by atoms with Gasteiger partial charge in [-0.3, -0.25) is 10.1 Å². The summed E-state index contributed by atoms with van der Waals surface area (Å²) in [4.78, 5) is 10.9. The van der Waals surface area contributed by atoms with Gasteiger partial charge in [-0.25, -0.2) is 0 Å². The molecule has 0 spiro atoms. The van der Waals surface area contributed by atoms with Gasteiger partial charge in [0, 0.05) is 16.5 Å². The Morgan fingerprint density at radius 3 is 2.67 bits per heavy atom. The second-order valence-electron chi connectivity index (χ2n) is 4.54. The average molecular weight is 314 g/mol. The van der Waals surface area contributed by atoms with E-state index in [4.69, 9.17) is 0 Å². The van der Waals surface area contributed by atoms with Gasteiger partial charge in [-0.1, -0.05) is 66.7 Å². The molecule has 4 heteroatoms. The minimum absolute atomic E-state index is 0.232. The lowest BCUT2D eigenvalue weighted by Gasteiger charge is -2.09. The highest BCUT2D eigenvalue weighted by molar-refractivity contribution is 9.09. The van der Waals surface area contributed by atoms with Crippen LogP contribution in [0.5, 0.6) is 0 Å². The summed E-state index contributed by atoms with van der Waals surface area (Å²) >= 11 is 3.63. The fourth-order valence-electron chi connectivity index (χ4n) is 1.99. The number of hydrogen-bond donors (Lipinski definition) is 0. The van der Waals surface area contributed by atoms with E-state index in [1.807, 2.05) is 12.1 Å². The summed E-state index contributed by atoms with van der Waals surface area (Å²) in [7, 11) is 0. The molecule has 100 valence electrons. The molecular weight excluding hydrogens is 294 g/mol. The summed E-state index contributed by atoms with van der Waals surface area (Å²) in [5.74, 6) is 0. The van der Waals surface area contributed by atoms with Gasteiger partial charge in [-0.15, -0.1) is 0 Å². The van der Waals surface area contributed by atoms with Crippen molar-refractivity contribution in [3.63, 3.8) is 0 Å². The largest absolute Gasteiger partial charge is 0.272 e.